The number of rotatable bonds is 4. The molecular weight excluding hydrogens is 236 g/mol. The molecule has 0 radical (unpaired) electrons. The number of aromatic amines is 1. The summed E-state index contributed by atoms with van der Waals surface area (Å²) >= 11 is 0. The van der Waals surface area contributed by atoms with Gasteiger partial charge in [0, 0.05) is 17.6 Å². The van der Waals surface area contributed by atoms with E-state index in [9.17, 15) is 4.79 Å². The first kappa shape index (κ1) is 13.8. The van der Waals surface area contributed by atoms with E-state index in [0.29, 0.717) is 12.0 Å². The molecule has 19 heavy (non-hydrogen) atoms. The summed E-state index contributed by atoms with van der Waals surface area (Å²) < 4.78 is 0. The van der Waals surface area contributed by atoms with Crippen molar-refractivity contribution in [2.75, 3.05) is 6.54 Å². The Kier molecular flexibility index (Phi) is 4.05. The van der Waals surface area contributed by atoms with E-state index in [-0.39, 0.29) is 5.56 Å². The lowest BCUT2D eigenvalue weighted by molar-refractivity contribution is 0.366. The van der Waals surface area contributed by atoms with Gasteiger partial charge in [0.15, 0.2) is 0 Å². The quantitative estimate of drug-likeness (QED) is 0.828. The standard InChI is InChI=1S/C16H22N2O/c1-16(2,3)8-9-17-11-13-10-12-6-4-5-7-14(12)18-15(13)19/h4-7,10,17H,8-9,11H2,1-3H3,(H,18,19). The summed E-state index contributed by atoms with van der Waals surface area (Å²) in [5, 5.41) is 4.42. The van der Waals surface area contributed by atoms with E-state index in [1.54, 1.807) is 0 Å². The predicted octanol–water partition coefficient (Wildman–Crippen LogP) is 3.05. The summed E-state index contributed by atoms with van der Waals surface area (Å²) in [5.41, 5.74) is 2.02. The molecule has 0 fully saturated rings. The molecule has 0 aliphatic rings. The minimum atomic E-state index is 0.00181. The van der Waals surface area contributed by atoms with Crippen LogP contribution in [0.1, 0.15) is 32.8 Å². The van der Waals surface area contributed by atoms with Crippen LogP contribution >= 0.6 is 0 Å². The van der Waals surface area contributed by atoms with Crippen molar-refractivity contribution in [3.05, 3.63) is 46.2 Å². The van der Waals surface area contributed by atoms with E-state index in [1.165, 1.54) is 0 Å². The zero-order valence-electron chi connectivity index (χ0n) is 11.9. The van der Waals surface area contributed by atoms with Gasteiger partial charge >= 0.3 is 0 Å². The Morgan fingerprint density at radius 1 is 1.21 bits per heavy atom. The van der Waals surface area contributed by atoms with E-state index < -0.39 is 0 Å². The second kappa shape index (κ2) is 5.57. The fraction of sp³-hybridized carbons (Fsp3) is 0.438. The number of fused-ring (bicyclic) bond motifs is 1. The van der Waals surface area contributed by atoms with Crippen molar-refractivity contribution in [2.24, 2.45) is 5.41 Å². The summed E-state index contributed by atoms with van der Waals surface area (Å²) in [7, 11) is 0. The monoisotopic (exact) mass is 258 g/mol. The number of H-pyrrole nitrogens is 1. The molecule has 0 spiro atoms. The van der Waals surface area contributed by atoms with Gasteiger partial charge in [-0.1, -0.05) is 39.0 Å². The highest BCUT2D eigenvalue weighted by atomic mass is 16.1. The van der Waals surface area contributed by atoms with Crippen LogP contribution in [-0.2, 0) is 6.54 Å². The van der Waals surface area contributed by atoms with Crippen LogP contribution < -0.4 is 10.9 Å². The Morgan fingerprint density at radius 2 is 1.95 bits per heavy atom. The molecule has 2 N–H and O–H groups in total. The second-order valence-electron chi connectivity index (χ2n) is 6.20. The normalized spacial score (nSPS) is 11.9. The van der Waals surface area contributed by atoms with Crippen LogP contribution in [0, 0.1) is 5.41 Å². The summed E-state index contributed by atoms with van der Waals surface area (Å²) in [5.74, 6) is 0. The number of aromatic nitrogens is 1. The van der Waals surface area contributed by atoms with Crippen molar-refractivity contribution in [1.82, 2.24) is 10.3 Å². The number of nitrogens with one attached hydrogen (secondary N) is 2. The van der Waals surface area contributed by atoms with Crippen molar-refractivity contribution in [1.29, 1.82) is 0 Å². The largest absolute Gasteiger partial charge is 0.322 e. The molecule has 0 saturated heterocycles. The lowest BCUT2D eigenvalue weighted by atomic mass is 9.92. The molecule has 2 rings (SSSR count). The van der Waals surface area contributed by atoms with Crippen LogP contribution in [0.2, 0.25) is 0 Å². The number of benzene rings is 1. The van der Waals surface area contributed by atoms with Gasteiger partial charge in [0.05, 0.1) is 0 Å². The highest BCUT2D eigenvalue weighted by molar-refractivity contribution is 5.78. The average molecular weight is 258 g/mol. The summed E-state index contributed by atoms with van der Waals surface area (Å²) in [4.78, 5) is 14.8. The van der Waals surface area contributed by atoms with Gasteiger partial charge in [-0.15, -0.1) is 0 Å². The maximum absolute atomic E-state index is 11.9. The van der Waals surface area contributed by atoms with Gasteiger partial charge in [0.2, 0.25) is 0 Å². The maximum Gasteiger partial charge on any atom is 0.252 e. The molecule has 1 heterocycles. The van der Waals surface area contributed by atoms with Crippen molar-refractivity contribution >= 4 is 10.9 Å². The van der Waals surface area contributed by atoms with Crippen molar-refractivity contribution < 1.29 is 0 Å². The first-order chi connectivity index (χ1) is 8.96. The molecule has 1 aromatic carbocycles. The van der Waals surface area contributed by atoms with Crippen molar-refractivity contribution in [3.63, 3.8) is 0 Å². The molecule has 0 saturated carbocycles. The second-order valence-corrected chi connectivity index (χ2v) is 6.20. The smallest absolute Gasteiger partial charge is 0.252 e. The molecule has 2 aromatic rings. The molecule has 0 unspecified atom stereocenters. The number of para-hydroxylation sites is 1. The van der Waals surface area contributed by atoms with Gasteiger partial charge in [0.1, 0.15) is 0 Å². The van der Waals surface area contributed by atoms with Crippen molar-refractivity contribution in [2.45, 2.75) is 33.7 Å². The van der Waals surface area contributed by atoms with Crippen LogP contribution in [0.15, 0.2) is 35.1 Å². The predicted molar refractivity (Wildman–Crippen MR) is 80.3 cm³/mol. The van der Waals surface area contributed by atoms with Gasteiger partial charge < -0.3 is 10.3 Å². The van der Waals surface area contributed by atoms with E-state index in [4.69, 9.17) is 0 Å². The minimum Gasteiger partial charge on any atom is -0.322 e. The van der Waals surface area contributed by atoms with Crippen molar-refractivity contribution in [3.8, 4) is 0 Å². The van der Waals surface area contributed by atoms with Crippen LogP contribution in [-0.4, -0.2) is 11.5 Å². The zero-order valence-corrected chi connectivity index (χ0v) is 11.9. The average Bonchev–Trinajstić information content (AvgIpc) is 2.33. The third kappa shape index (κ3) is 3.93. The Bertz CT molecular complexity index is 608. The third-order valence-electron chi connectivity index (χ3n) is 3.20. The van der Waals surface area contributed by atoms with Gasteiger partial charge in [-0.2, -0.15) is 0 Å². The highest BCUT2D eigenvalue weighted by Crippen LogP contribution is 2.17. The third-order valence-corrected chi connectivity index (χ3v) is 3.20. The first-order valence-corrected chi connectivity index (χ1v) is 6.77. The number of hydrogen-bond donors (Lipinski definition) is 2. The first-order valence-electron chi connectivity index (χ1n) is 6.77. The molecule has 0 bridgehead atoms. The fourth-order valence-corrected chi connectivity index (χ4v) is 2.01. The van der Waals surface area contributed by atoms with Crippen LogP contribution in [0.3, 0.4) is 0 Å². The van der Waals surface area contributed by atoms with Crippen LogP contribution in [0.5, 0.6) is 0 Å². The molecule has 3 nitrogen and oxygen atoms in total. The van der Waals surface area contributed by atoms with Crippen LogP contribution in [0.25, 0.3) is 10.9 Å². The zero-order chi connectivity index (χ0) is 13.9. The molecule has 0 atom stereocenters. The Labute approximate surface area is 114 Å². The van der Waals surface area contributed by atoms with Gasteiger partial charge in [-0.25, -0.2) is 0 Å². The SMILES string of the molecule is CC(C)(C)CCNCc1cc2ccccc2[nH]c1=O. The summed E-state index contributed by atoms with van der Waals surface area (Å²) in [6.45, 7) is 8.21. The summed E-state index contributed by atoms with van der Waals surface area (Å²) in [6.07, 6.45) is 1.10. The molecule has 3 heteroatoms. The van der Waals surface area contributed by atoms with Gasteiger partial charge in [0.25, 0.3) is 5.56 Å². The van der Waals surface area contributed by atoms with E-state index in [2.05, 4.69) is 31.1 Å². The molecule has 0 amide bonds. The lowest BCUT2D eigenvalue weighted by Crippen LogP contribution is -2.24. The molecule has 1 aromatic heterocycles. The minimum absolute atomic E-state index is 0.00181. The number of pyridine rings is 1. The van der Waals surface area contributed by atoms with Crippen LogP contribution in [0.4, 0.5) is 0 Å². The van der Waals surface area contributed by atoms with Gasteiger partial charge in [-0.3, -0.25) is 4.79 Å². The van der Waals surface area contributed by atoms with E-state index in [0.717, 1.165) is 29.4 Å². The van der Waals surface area contributed by atoms with E-state index in [1.807, 2.05) is 30.3 Å². The highest BCUT2D eigenvalue weighted by Gasteiger charge is 2.09. The van der Waals surface area contributed by atoms with Gasteiger partial charge in [-0.05, 0) is 35.9 Å². The summed E-state index contributed by atoms with van der Waals surface area (Å²) in [6, 6.07) is 9.83. The molecule has 0 aliphatic heterocycles. The Balaban J connectivity index is 2.04. The molecular formula is C16H22N2O. The fourth-order valence-electron chi connectivity index (χ4n) is 2.01. The molecule has 0 aliphatic carbocycles. The molecule has 102 valence electrons. The Hall–Kier alpha value is -1.61. The Morgan fingerprint density at radius 3 is 2.68 bits per heavy atom. The maximum atomic E-state index is 11.9. The lowest BCUT2D eigenvalue weighted by Gasteiger charge is -2.18. The topological polar surface area (TPSA) is 44.9 Å². The number of hydrogen-bond acceptors (Lipinski definition) is 2. The van der Waals surface area contributed by atoms with E-state index >= 15 is 0 Å².